The average Bonchev–Trinajstić information content (AvgIpc) is 2.29. The van der Waals surface area contributed by atoms with E-state index in [0.717, 1.165) is 18.8 Å². The molecule has 1 saturated heterocycles. The smallest absolute Gasteiger partial charge is 0.135 e. The monoisotopic (exact) mass is 238 g/mol. The number of anilines is 1. The molecule has 0 radical (unpaired) electrons. The van der Waals surface area contributed by atoms with E-state index in [-0.39, 0.29) is 10.8 Å². The molecule has 1 fully saturated rings. The van der Waals surface area contributed by atoms with E-state index in [1.807, 2.05) is 6.07 Å². The van der Waals surface area contributed by atoms with Gasteiger partial charge in [-0.25, -0.2) is 4.39 Å². The summed E-state index contributed by atoms with van der Waals surface area (Å²) in [5.41, 5.74) is 6.68. The van der Waals surface area contributed by atoms with Crippen LogP contribution in [0.2, 0.25) is 0 Å². The topological polar surface area (TPSA) is 29.3 Å². The van der Waals surface area contributed by atoms with E-state index in [4.69, 9.17) is 18.0 Å². The first-order chi connectivity index (χ1) is 7.68. The Kier molecular flexibility index (Phi) is 3.39. The van der Waals surface area contributed by atoms with Crippen molar-refractivity contribution in [1.82, 2.24) is 0 Å². The molecule has 0 spiro atoms. The lowest BCUT2D eigenvalue weighted by molar-refractivity contribution is 0.574. The highest BCUT2D eigenvalue weighted by Gasteiger charge is 2.13. The summed E-state index contributed by atoms with van der Waals surface area (Å²) < 4.78 is 13.7. The van der Waals surface area contributed by atoms with Crippen LogP contribution in [0.3, 0.4) is 0 Å². The Hall–Kier alpha value is -1.16. The Morgan fingerprint density at radius 3 is 2.50 bits per heavy atom. The molecule has 1 aromatic rings. The van der Waals surface area contributed by atoms with Crippen molar-refractivity contribution in [2.24, 2.45) is 5.73 Å². The number of piperidine rings is 1. The van der Waals surface area contributed by atoms with Crippen molar-refractivity contribution in [2.75, 3.05) is 18.0 Å². The maximum absolute atomic E-state index is 13.7. The highest BCUT2D eigenvalue weighted by atomic mass is 32.1. The zero-order valence-electron chi connectivity index (χ0n) is 9.08. The van der Waals surface area contributed by atoms with Gasteiger partial charge < -0.3 is 10.6 Å². The molecule has 0 atom stereocenters. The van der Waals surface area contributed by atoms with E-state index >= 15 is 0 Å². The zero-order chi connectivity index (χ0) is 11.5. The fourth-order valence-electron chi connectivity index (χ4n) is 2.05. The van der Waals surface area contributed by atoms with Crippen LogP contribution in [0.4, 0.5) is 10.1 Å². The molecular formula is C12H15FN2S. The first-order valence-corrected chi connectivity index (χ1v) is 5.93. The summed E-state index contributed by atoms with van der Waals surface area (Å²) in [6, 6.07) is 5.09. The predicted molar refractivity (Wildman–Crippen MR) is 68.4 cm³/mol. The lowest BCUT2D eigenvalue weighted by atomic mass is 10.1. The van der Waals surface area contributed by atoms with Crippen LogP contribution in [0.5, 0.6) is 0 Å². The summed E-state index contributed by atoms with van der Waals surface area (Å²) in [6.45, 7) is 2.01. The summed E-state index contributed by atoms with van der Waals surface area (Å²) in [5.74, 6) is -0.324. The van der Waals surface area contributed by atoms with E-state index < -0.39 is 0 Å². The van der Waals surface area contributed by atoms with E-state index in [9.17, 15) is 4.39 Å². The fourth-order valence-corrected chi connectivity index (χ4v) is 2.22. The number of rotatable bonds is 2. The molecule has 4 heteroatoms. The second-order valence-electron chi connectivity index (χ2n) is 4.08. The molecule has 0 bridgehead atoms. The second-order valence-corrected chi connectivity index (χ2v) is 4.52. The summed E-state index contributed by atoms with van der Waals surface area (Å²) in [5, 5.41) is 0. The SMILES string of the molecule is NC(=S)c1ccc(N2CCCCC2)cc1F. The predicted octanol–water partition coefficient (Wildman–Crippen LogP) is 2.45. The Morgan fingerprint density at radius 2 is 1.94 bits per heavy atom. The fraction of sp³-hybridized carbons (Fsp3) is 0.417. The quantitative estimate of drug-likeness (QED) is 0.802. The van der Waals surface area contributed by atoms with Crippen LogP contribution in [0, 0.1) is 5.82 Å². The van der Waals surface area contributed by atoms with Gasteiger partial charge in [0.15, 0.2) is 0 Å². The van der Waals surface area contributed by atoms with Crippen molar-refractivity contribution in [3.8, 4) is 0 Å². The van der Waals surface area contributed by atoms with Crippen LogP contribution in [-0.2, 0) is 0 Å². The van der Waals surface area contributed by atoms with Gasteiger partial charge in [-0.1, -0.05) is 12.2 Å². The van der Waals surface area contributed by atoms with Gasteiger partial charge in [0.1, 0.15) is 10.8 Å². The maximum Gasteiger partial charge on any atom is 0.135 e. The summed E-state index contributed by atoms with van der Waals surface area (Å²) in [7, 11) is 0. The first kappa shape index (κ1) is 11.3. The van der Waals surface area contributed by atoms with Crippen LogP contribution < -0.4 is 10.6 Å². The van der Waals surface area contributed by atoms with E-state index in [1.165, 1.54) is 25.3 Å². The van der Waals surface area contributed by atoms with Crippen molar-refractivity contribution in [1.29, 1.82) is 0 Å². The number of benzene rings is 1. The minimum atomic E-state index is -0.324. The van der Waals surface area contributed by atoms with Gasteiger partial charge in [0, 0.05) is 24.3 Å². The molecule has 1 aliphatic rings. The zero-order valence-corrected chi connectivity index (χ0v) is 9.89. The van der Waals surface area contributed by atoms with Crippen LogP contribution in [0.25, 0.3) is 0 Å². The number of thiocarbonyl (C=S) groups is 1. The Bertz CT molecular complexity index is 400. The number of halogens is 1. The van der Waals surface area contributed by atoms with E-state index in [0.29, 0.717) is 5.56 Å². The van der Waals surface area contributed by atoms with Gasteiger partial charge in [0.05, 0.1) is 0 Å². The molecular weight excluding hydrogens is 223 g/mol. The lowest BCUT2D eigenvalue weighted by Crippen LogP contribution is -2.29. The second kappa shape index (κ2) is 4.78. The highest BCUT2D eigenvalue weighted by molar-refractivity contribution is 7.80. The molecule has 0 aliphatic carbocycles. The third-order valence-electron chi connectivity index (χ3n) is 2.94. The van der Waals surface area contributed by atoms with Gasteiger partial charge in [0.2, 0.25) is 0 Å². The van der Waals surface area contributed by atoms with Crippen LogP contribution in [0.1, 0.15) is 24.8 Å². The Labute approximate surface area is 100 Å². The molecule has 0 amide bonds. The van der Waals surface area contributed by atoms with Crippen molar-refractivity contribution in [3.05, 3.63) is 29.6 Å². The van der Waals surface area contributed by atoms with Crippen LogP contribution in [-0.4, -0.2) is 18.1 Å². The van der Waals surface area contributed by atoms with Gasteiger partial charge in [-0.2, -0.15) is 0 Å². The molecule has 1 aliphatic heterocycles. The molecule has 2 nitrogen and oxygen atoms in total. The number of nitrogens with zero attached hydrogens (tertiary/aromatic N) is 1. The average molecular weight is 238 g/mol. The van der Waals surface area contributed by atoms with Crippen LogP contribution >= 0.6 is 12.2 Å². The van der Waals surface area contributed by atoms with Gasteiger partial charge in [-0.3, -0.25) is 0 Å². The molecule has 16 heavy (non-hydrogen) atoms. The van der Waals surface area contributed by atoms with Gasteiger partial charge in [0.25, 0.3) is 0 Å². The maximum atomic E-state index is 13.7. The molecule has 0 aromatic heterocycles. The normalized spacial score (nSPS) is 16.2. The number of hydrogen-bond acceptors (Lipinski definition) is 2. The molecule has 2 rings (SSSR count). The number of nitrogens with two attached hydrogens (primary N) is 1. The Balaban J connectivity index is 2.23. The summed E-state index contributed by atoms with van der Waals surface area (Å²) in [6.07, 6.45) is 3.63. The summed E-state index contributed by atoms with van der Waals surface area (Å²) >= 11 is 4.77. The molecule has 2 N–H and O–H groups in total. The van der Waals surface area contributed by atoms with Gasteiger partial charge in [-0.15, -0.1) is 0 Å². The van der Waals surface area contributed by atoms with Crippen molar-refractivity contribution >= 4 is 22.9 Å². The molecule has 1 aromatic carbocycles. The molecule has 86 valence electrons. The lowest BCUT2D eigenvalue weighted by Gasteiger charge is -2.29. The summed E-state index contributed by atoms with van der Waals surface area (Å²) in [4.78, 5) is 2.32. The van der Waals surface area contributed by atoms with Crippen molar-refractivity contribution in [2.45, 2.75) is 19.3 Å². The minimum Gasteiger partial charge on any atom is -0.389 e. The third kappa shape index (κ3) is 2.32. The number of hydrogen-bond donors (Lipinski definition) is 1. The van der Waals surface area contributed by atoms with Gasteiger partial charge >= 0.3 is 0 Å². The standard InChI is InChI=1S/C12H15FN2S/c13-11-8-9(4-5-10(11)12(14)16)15-6-2-1-3-7-15/h4-5,8H,1-3,6-7H2,(H2,14,16). The Morgan fingerprint density at radius 1 is 1.25 bits per heavy atom. The van der Waals surface area contributed by atoms with E-state index in [1.54, 1.807) is 6.07 Å². The minimum absolute atomic E-state index is 0.114. The van der Waals surface area contributed by atoms with Crippen molar-refractivity contribution < 1.29 is 4.39 Å². The molecule has 0 unspecified atom stereocenters. The molecule has 0 saturated carbocycles. The highest BCUT2D eigenvalue weighted by Crippen LogP contribution is 2.22. The van der Waals surface area contributed by atoms with Crippen molar-refractivity contribution in [3.63, 3.8) is 0 Å². The van der Waals surface area contributed by atoms with Gasteiger partial charge in [-0.05, 0) is 37.5 Å². The molecule has 1 heterocycles. The van der Waals surface area contributed by atoms with E-state index in [2.05, 4.69) is 4.90 Å². The first-order valence-electron chi connectivity index (χ1n) is 5.53. The largest absolute Gasteiger partial charge is 0.389 e. The third-order valence-corrected chi connectivity index (χ3v) is 3.16. The van der Waals surface area contributed by atoms with Crippen LogP contribution in [0.15, 0.2) is 18.2 Å².